The third kappa shape index (κ3) is 8.13. The number of hydrogen-bond donors (Lipinski definition) is 4. The predicted molar refractivity (Wildman–Crippen MR) is 94.9 cm³/mol. The van der Waals surface area contributed by atoms with Gasteiger partial charge < -0.3 is 20.7 Å². The van der Waals surface area contributed by atoms with Gasteiger partial charge in [-0.3, -0.25) is 9.59 Å². The normalized spacial score (nSPS) is 11.0. The molecule has 0 spiro atoms. The highest BCUT2D eigenvalue weighted by Crippen LogP contribution is 2.10. The van der Waals surface area contributed by atoms with Crippen LogP contribution in [0.5, 0.6) is 0 Å². The third-order valence-electron chi connectivity index (χ3n) is 3.40. The minimum absolute atomic E-state index is 0.0365. The standard InChI is InChI=1S/C17H27BN2O4/c1-17(2,3)12-20-15(21)6-4-5-11-19-16(22)13-7-9-14(10-8-13)18(23)24/h7-10,23-24H,4-6,11-12H2,1-3H3,(H,19,22)(H,20,21). The van der Waals surface area contributed by atoms with E-state index in [0.717, 1.165) is 6.42 Å². The van der Waals surface area contributed by atoms with Gasteiger partial charge in [-0.2, -0.15) is 0 Å². The van der Waals surface area contributed by atoms with E-state index in [0.29, 0.717) is 37.0 Å². The Morgan fingerprint density at radius 3 is 2.21 bits per heavy atom. The molecule has 0 aromatic heterocycles. The summed E-state index contributed by atoms with van der Waals surface area (Å²) in [4.78, 5) is 23.6. The average molecular weight is 334 g/mol. The first-order chi connectivity index (χ1) is 11.2. The summed E-state index contributed by atoms with van der Waals surface area (Å²) in [7, 11) is -1.54. The monoisotopic (exact) mass is 334 g/mol. The first-order valence-corrected chi connectivity index (χ1v) is 8.20. The van der Waals surface area contributed by atoms with E-state index >= 15 is 0 Å². The molecule has 0 bridgehead atoms. The molecule has 2 amide bonds. The van der Waals surface area contributed by atoms with Crippen LogP contribution in [-0.4, -0.2) is 42.1 Å². The molecule has 132 valence electrons. The van der Waals surface area contributed by atoms with Gasteiger partial charge in [-0.25, -0.2) is 0 Å². The zero-order valence-corrected chi connectivity index (χ0v) is 14.6. The van der Waals surface area contributed by atoms with Gasteiger partial charge in [0.1, 0.15) is 0 Å². The molecule has 24 heavy (non-hydrogen) atoms. The molecule has 0 saturated carbocycles. The molecule has 1 rings (SSSR count). The van der Waals surface area contributed by atoms with E-state index in [1.165, 1.54) is 12.1 Å². The smallest absolute Gasteiger partial charge is 0.423 e. The Labute approximate surface area is 143 Å². The van der Waals surface area contributed by atoms with Crippen LogP contribution in [0, 0.1) is 5.41 Å². The van der Waals surface area contributed by atoms with Crippen LogP contribution >= 0.6 is 0 Å². The number of amides is 2. The van der Waals surface area contributed by atoms with Gasteiger partial charge in [-0.05, 0) is 35.9 Å². The molecule has 6 nitrogen and oxygen atoms in total. The number of carbonyl (C=O) groups is 2. The lowest BCUT2D eigenvalue weighted by atomic mass is 9.80. The number of rotatable bonds is 8. The van der Waals surface area contributed by atoms with E-state index < -0.39 is 7.12 Å². The summed E-state index contributed by atoms with van der Waals surface area (Å²) < 4.78 is 0. The van der Waals surface area contributed by atoms with Crippen LogP contribution in [0.1, 0.15) is 50.4 Å². The van der Waals surface area contributed by atoms with Crippen molar-refractivity contribution in [3.8, 4) is 0 Å². The fourth-order valence-electron chi connectivity index (χ4n) is 1.97. The highest BCUT2D eigenvalue weighted by atomic mass is 16.4. The highest BCUT2D eigenvalue weighted by Gasteiger charge is 2.13. The van der Waals surface area contributed by atoms with E-state index in [2.05, 4.69) is 31.4 Å². The molecule has 0 atom stereocenters. The van der Waals surface area contributed by atoms with Gasteiger partial charge in [-0.1, -0.05) is 32.9 Å². The summed E-state index contributed by atoms with van der Waals surface area (Å²) in [6.07, 6.45) is 1.89. The van der Waals surface area contributed by atoms with Crippen LogP contribution in [-0.2, 0) is 4.79 Å². The molecule has 0 fully saturated rings. The second-order valence-electron chi connectivity index (χ2n) is 7.05. The Hall–Kier alpha value is -1.86. The maximum absolute atomic E-state index is 11.9. The number of unbranched alkanes of at least 4 members (excludes halogenated alkanes) is 1. The number of nitrogens with one attached hydrogen (secondary N) is 2. The van der Waals surface area contributed by atoms with Crippen molar-refractivity contribution in [2.75, 3.05) is 13.1 Å². The summed E-state index contributed by atoms with van der Waals surface area (Å²) in [6.45, 7) is 7.35. The van der Waals surface area contributed by atoms with Crippen LogP contribution in [0.15, 0.2) is 24.3 Å². The van der Waals surface area contributed by atoms with Gasteiger partial charge in [0.15, 0.2) is 0 Å². The SMILES string of the molecule is CC(C)(C)CNC(=O)CCCCNC(=O)c1ccc(B(O)O)cc1. The number of benzene rings is 1. The van der Waals surface area contributed by atoms with Gasteiger partial charge in [0.25, 0.3) is 5.91 Å². The van der Waals surface area contributed by atoms with E-state index in [9.17, 15) is 9.59 Å². The molecule has 0 aliphatic carbocycles. The van der Waals surface area contributed by atoms with Gasteiger partial charge in [0.05, 0.1) is 0 Å². The van der Waals surface area contributed by atoms with Crippen LogP contribution in [0.4, 0.5) is 0 Å². The molecule has 7 heteroatoms. The third-order valence-corrected chi connectivity index (χ3v) is 3.40. The zero-order chi connectivity index (χ0) is 18.2. The number of hydrogen-bond acceptors (Lipinski definition) is 4. The lowest BCUT2D eigenvalue weighted by Crippen LogP contribution is -2.32. The van der Waals surface area contributed by atoms with Crippen LogP contribution < -0.4 is 16.1 Å². The van der Waals surface area contributed by atoms with Gasteiger partial charge >= 0.3 is 7.12 Å². The maximum atomic E-state index is 11.9. The Bertz CT molecular complexity index is 539. The van der Waals surface area contributed by atoms with E-state index in [-0.39, 0.29) is 17.2 Å². The second-order valence-corrected chi connectivity index (χ2v) is 7.05. The van der Waals surface area contributed by atoms with Crippen LogP contribution in [0.2, 0.25) is 0 Å². The van der Waals surface area contributed by atoms with Crippen LogP contribution in [0.3, 0.4) is 0 Å². The minimum atomic E-state index is -1.54. The highest BCUT2D eigenvalue weighted by molar-refractivity contribution is 6.58. The molecule has 0 aliphatic rings. The lowest BCUT2D eigenvalue weighted by molar-refractivity contribution is -0.121. The molecule has 0 heterocycles. The Kier molecular flexibility index (Phi) is 7.94. The summed E-state index contributed by atoms with van der Waals surface area (Å²) in [5.41, 5.74) is 0.876. The molecule has 0 saturated heterocycles. The molecule has 1 aromatic carbocycles. The molecule has 0 unspecified atom stereocenters. The summed E-state index contributed by atoms with van der Waals surface area (Å²) in [5.74, 6) is -0.180. The van der Waals surface area contributed by atoms with Crippen molar-refractivity contribution in [3.05, 3.63) is 29.8 Å². The summed E-state index contributed by atoms with van der Waals surface area (Å²) in [6, 6.07) is 6.09. The van der Waals surface area contributed by atoms with Gasteiger partial charge in [-0.15, -0.1) is 0 Å². The van der Waals surface area contributed by atoms with E-state index in [1.807, 2.05) is 0 Å². The first kappa shape index (κ1) is 20.2. The summed E-state index contributed by atoms with van der Waals surface area (Å²) >= 11 is 0. The molecular weight excluding hydrogens is 307 g/mol. The fraction of sp³-hybridized carbons (Fsp3) is 0.529. The van der Waals surface area contributed by atoms with Crippen molar-refractivity contribution in [3.63, 3.8) is 0 Å². The van der Waals surface area contributed by atoms with Crippen molar-refractivity contribution in [2.45, 2.75) is 40.0 Å². The van der Waals surface area contributed by atoms with E-state index in [1.54, 1.807) is 12.1 Å². The van der Waals surface area contributed by atoms with E-state index in [4.69, 9.17) is 10.0 Å². The minimum Gasteiger partial charge on any atom is -0.423 e. The van der Waals surface area contributed by atoms with Crippen molar-refractivity contribution >= 4 is 24.4 Å². The van der Waals surface area contributed by atoms with Crippen molar-refractivity contribution in [1.29, 1.82) is 0 Å². The second kappa shape index (κ2) is 9.44. The largest absolute Gasteiger partial charge is 0.488 e. The lowest BCUT2D eigenvalue weighted by Gasteiger charge is -2.18. The van der Waals surface area contributed by atoms with Crippen molar-refractivity contribution in [2.24, 2.45) is 5.41 Å². The maximum Gasteiger partial charge on any atom is 0.488 e. The molecule has 0 aliphatic heterocycles. The molecule has 0 radical (unpaired) electrons. The molecular formula is C17H27BN2O4. The van der Waals surface area contributed by atoms with Gasteiger partial charge in [0.2, 0.25) is 5.91 Å². The predicted octanol–water partition coefficient (Wildman–Crippen LogP) is 0.429. The average Bonchev–Trinajstić information content (AvgIpc) is 2.51. The Balaban J connectivity index is 2.20. The topological polar surface area (TPSA) is 98.7 Å². The molecule has 1 aromatic rings. The molecule has 4 N–H and O–H groups in total. The number of carbonyl (C=O) groups excluding carboxylic acids is 2. The Morgan fingerprint density at radius 2 is 1.67 bits per heavy atom. The fourth-order valence-corrected chi connectivity index (χ4v) is 1.97. The van der Waals surface area contributed by atoms with Gasteiger partial charge in [0, 0.05) is 25.1 Å². The quantitative estimate of drug-likeness (QED) is 0.409. The van der Waals surface area contributed by atoms with Crippen molar-refractivity contribution in [1.82, 2.24) is 10.6 Å². The summed E-state index contributed by atoms with van der Waals surface area (Å²) in [5, 5.41) is 23.7. The zero-order valence-electron chi connectivity index (χ0n) is 14.6. The Morgan fingerprint density at radius 1 is 1.04 bits per heavy atom. The van der Waals surface area contributed by atoms with Crippen LogP contribution in [0.25, 0.3) is 0 Å². The van der Waals surface area contributed by atoms with Crippen molar-refractivity contribution < 1.29 is 19.6 Å². The first-order valence-electron chi connectivity index (χ1n) is 8.20.